The van der Waals surface area contributed by atoms with Crippen molar-refractivity contribution < 1.29 is 4.74 Å². The van der Waals surface area contributed by atoms with Gasteiger partial charge in [-0.05, 0) is 24.8 Å². The van der Waals surface area contributed by atoms with Crippen molar-refractivity contribution in [1.82, 2.24) is 9.55 Å². The monoisotopic (exact) mass is 271 g/mol. The molecule has 3 atom stereocenters. The summed E-state index contributed by atoms with van der Waals surface area (Å²) in [7, 11) is 1.79. The Morgan fingerprint density at radius 3 is 2.85 bits per heavy atom. The van der Waals surface area contributed by atoms with E-state index in [2.05, 4.69) is 21.7 Å². The summed E-state index contributed by atoms with van der Waals surface area (Å²) in [6, 6.07) is 10.4. The molecule has 106 valence electrons. The molecule has 3 rings (SSSR count). The maximum Gasteiger partial charge on any atom is 0.0952 e. The third kappa shape index (κ3) is 2.37. The smallest absolute Gasteiger partial charge is 0.0952 e. The molecule has 1 fully saturated rings. The van der Waals surface area contributed by atoms with Crippen LogP contribution in [0.15, 0.2) is 42.9 Å². The maximum absolute atomic E-state index is 6.41. The van der Waals surface area contributed by atoms with Gasteiger partial charge in [-0.3, -0.25) is 0 Å². The van der Waals surface area contributed by atoms with Crippen LogP contribution in [0.5, 0.6) is 0 Å². The van der Waals surface area contributed by atoms with Crippen LogP contribution in [0.3, 0.4) is 0 Å². The number of ether oxygens (including phenoxy) is 1. The maximum atomic E-state index is 6.41. The first-order valence-corrected chi connectivity index (χ1v) is 7.16. The lowest BCUT2D eigenvalue weighted by Gasteiger charge is -2.24. The highest BCUT2D eigenvalue weighted by Gasteiger charge is 2.30. The predicted molar refractivity (Wildman–Crippen MR) is 78.4 cm³/mol. The van der Waals surface area contributed by atoms with Crippen LogP contribution in [0.2, 0.25) is 0 Å². The van der Waals surface area contributed by atoms with Crippen molar-refractivity contribution in [3.63, 3.8) is 0 Å². The number of imidazole rings is 1. The van der Waals surface area contributed by atoms with E-state index in [1.165, 1.54) is 6.42 Å². The van der Waals surface area contributed by atoms with Gasteiger partial charge in [-0.1, -0.05) is 30.3 Å². The SMILES string of the molecule is COC1CCCC1n1cncc1C(N)c1ccccc1. The Kier molecular flexibility index (Phi) is 3.85. The van der Waals surface area contributed by atoms with Crippen molar-refractivity contribution in [2.75, 3.05) is 7.11 Å². The summed E-state index contributed by atoms with van der Waals surface area (Å²) < 4.78 is 7.81. The first-order valence-electron chi connectivity index (χ1n) is 7.16. The lowest BCUT2D eigenvalue weighted by atomic mass is 10.0. The van der Waals surface area contributed by atoms with Gasteiger partial charge in [0.2, 0.25) is 0 Å². The Morgan fingerprint density at radius 2 is 2.10 bits per heavy atom. The largest absolute Gasteiger partial charge is 0.379 e. The molecule has 0 saturated heterocycles. The molecule has 1 saturated carbocycles. The number of benzene rings is 1. The molecule has 0 bridgehead atoms. The molecule has 1 heterocycles. The highest BCUT2D eigenvalue weighted by molar-refractivity contribution is 5.26. The molecule has 4 heteroatoms. The van der Waals surface area contributed by atoms with Gasteiger partial charge in [0.25, 0.3) is 0 Å². The van der Waals surface area contributed by atoms with Crippen LogP contribution in [0, 0.1) is 0 Å². The Balaban J connectivity index is 1.90. The second-order valence-corrected chi connectivity index (χ2v) is 5.39. The average Bonchev–Trinajstić information content (AvgIpc) is 3.15. The number of methoxy groups -OCH3 is 1. The summed E-state index contributed by atoms with van der Waals surface area (Å²) in [6.45, 7) is 0. The zero-order valence-electron chi connectivity index (χ0n) is 11.8. The zero-order chi connectivity index (χ0) is 13.9. The molecular formula is C16H21N3O. The Labute approximate surface area is 119 Å². The van der Waals surface area contributed by atoms with Gasteiger partial charge in [-0.25, -0.2) is 4.98 Å². The molecule has 0 amide bonds. The summed E-state index contributed by atoms with van der Waals surface area (Å²) in [4.78, 5) is 4.31. The molecule has 1 aliphatic rings. The number of rotatable bonds is 4. The molecule has 20 heavy (non-hydrogen) atoms. The minimum atomic E-state index is -0.142. The van der Waals surface area contributed by atoms with Gasteiger partial charge in [0.15, 0.2) is 0 Å². The molecule has 1 aliphatic carbocycles. The third-order valence-electron chi connectivity index (χ3n) is 4.25. The molecule has 1 aromatic heterocycles. The number of aromatic nitrogens is 2. The minimum absolute atomic E-state index is 0.142. The molecule has 2 aromatic rings. The third-order valence-corrected chi connectivity index (χ3v) is 4.25. The predicted octanol–water partition coefficient (Wildman–Crippen LogP) is 2.67. The summed E-state index contributed by atoms with van der Waals surface area (Å²) >= 11 is 0. The van der Waals surface area contributed by atoms with E-state index in [4.69, 9.17) is 10.5 Å². The summed E-state index contributed by atoms with van der Waals surface area (Å²) in [5.41, 5.74) is 8.59. The van der Waals surface area contributed by atoms with Crippen LogP contribution >= 0.6 is 0 Å². The summed E-state index contributed by atoms with van der Waals surface area (Å²) in [5.74, 6) is 0. The van der Waals surface area contributed by atoms with Gasteiger partial charge in [0.1, 0.15) is 0 Å². The van der Waals surface area contributed by atoms with Crippen LogP contribution in [-0.2, 0) is 4.74 Å². The minimum Gasteiger partial charge on any atom is -0.379 e. The van der Waals surface area contributed by atoms with E-state index < -0.39 is 0 Å². The molecular weight excluding hydrogens is 250 g/mol. The van der Waals surface area contributed by atoms with Gasteiger partial charge in [-0.15, -0.1) is 0 Å². The van der Waals surface area contributed by atoms with Crippen molar-refractivity contribution in [2.24, 2.45) is 5.73 Å². The van der Waals surface area contributed by atoms with E-state index in [-0.39, 0.29) is 12.1 Å². The standard InChI is InChI=1S/C16H21N3O/c1-20-15-9-5-8-13(15)19-11-18-10-14(19)16(17)12-6-3-2-4-7-12/h2-4,6-7,10-11,13,15-16H,5,8-9,17H2,1H3. The van der Waals surface area contributed by atoms with Crippen LogP contribution in [0.1, 0.15) is 42.6 Å². The molecule has 4 nitrogen and oxygen atoms in total. The van der Waals surface area contributed by atoms with E-state index in [1.54, 1.807) is 7.11 Å². The first-order chi connectivity index (χ1) is 9.81. The van der Waals surface area contributed by atoms with Crippen LogP contribution < -0.4 is 5.73 Å². The van der Waals surface area contributed by atoms with Gasteiger partial charge in [-0.2, -0.15) is 0 Å². The molecule has 0 radical (unpaired) electrons. The van der Waals surface area contributed by atoms with Gasteiger partial charge >= 0.3 is 0 Å². The highest BCUT2D eigenvalue weighted by Crippen LogP contribution is 2.34. The fourth-order valence-electron chi connectivity index (χ4n) is 3.16. The fraction of sp³-hybridized carbons (Fsp3) is 0.438. The zero-order valence-corrected chi connectivity index (χ0v) is 11.8. The van der Waals surface area contributed by atoms with Crippen molar-refractivity contribution >= 4 is 0 Å². The van der Waals surface area contributed by atoms with Gasteiger partial charge in [0.05, 0.1) is 36.4 Å². The number of hydrogen-bond donors (Lipinski definition) is 1. The summed E-state index contributed by atoms with van der Waals surface area (Å²) in [5, 5.41) is 0. The van der Waals surface area contributed by atoms with E-state index >= 15 is 0 Å². The van der Waals surface area contributed by atoms with E-state index in [0.29, 0.717) is 6.04 Å². The van der Waals surface area contributed by atoms with Gasteiger partial charge < -0.3 is 15.0 Å². The van der Waals surface area contributed by atoms with Gasteiger partial charge in [0, 0.05) is 7.11 Å². The van der Waals surface area contributed by atoms with Crippen LogP contribution in [-0.4, -0.2) is 22.8 Å². The topological polar surface area (TPSA) is 53.1 Å². The van der Waals surface area contributed by atoms with Crippen molar-refractivity contribution in [3.8, 4) is 0 Å². The highest BCUT2D eigenvalue weighted by atomic mass is 16.5. The van der Waals surface area contributed by atoms with Crippen LogP contribution in [0.4, 0.5) is 0 Å². The molecule has 1 aromatic carbocycles. The quantitative estimate of drug-likeness (QED) is 0.930. The Morgan fingerprint density at radius 1 is 1.30 bits per heavy atom. The fourth-order valence-corrected chi connectivity index (χ4v) is 3.16. The van der Waals surface area contributed by atoms with Crippen molar-refractivity contribution in [1.29, 1.82) is 0 Å². The molecule has 0 spiro atoms. The number of nitrogens with two attached hydrogens (primary N) is 1. The first kappa shape index (κ1) is 13.3. The second kappa shape index (κ2) is 5.77. The Bertz CT molecular complexity index is 552. The lowest BCUT2D eigenvalue weighted by Crippen LogP contribution is -2.25. The number of hydrogen-bond acceptors (Lipinski definition) is 3. The summed E-state index contributed by atoms with van der Waals surface area (Å²) in [6.07, 6.45) is 7.47. The molecule has 0 aliphatic heterocycles. The molecule has 2 N–H and O–H groups in total. The second-order valence-electron chi connectivity index (χ2n) is 5.39. The van der Waals surface area contributed by atoms with E-state index in [0.717, 1.165) is 24.1 Å². The average molecular weight is 271 g/mol. The number of nitrogens with zero attached hydrogens (tertiary/aromatic N) is 2. The molecule has 3 unspecified atom stereocenters. The lowest BCUT2D eigenvalue weighted by molar-refractivity contribution is 0.0739. The van der Waals surface area contributed by atoms with Crippen molar-refractivity contribution in [2.45, 2.75) is 37.5 Å². The normalized spacial score (nSPS) is 23.9. The van der Waals surface area contributed by atoms with E-state index in [9.17, 15) is 0 Å². The Hall–Kier alpha value is -1.65. The van der Waals surface area contributed by atoms with Crippen molar-refractivity contribution in [3.05, 3.63) is 54.1 Å². The van der Waals surface area contributed by atoms with Crippen LogP contribution in [0.25, 0.3) is 0 Å². The van der Waals surface area contributed by atoms with E-state index in [1.807, 2.05) is 30.7 Å².